The highest BCUT2D eigenvalue weighted by Gasteiger charge is 2.53. The monoisotopic (exact) mass is 488 g/mol. The Bertz CT molecular complexity index is 624. The Hall–Kier alpha value is -0.600. The Kier molecular flexibility index (Phi) is 8.99. The number of aliphatic hydroxyl groups excluding tert-OH is 10. The van der Waals surface area contributed by atoms with Crippen LogP contribution in [0.1, 0.15) is 6.92 Å². The van der Waals surface area contributed by atoms with Crippen LogP contribution in [0.2, 0.25) is 0 Å². The van der Waals surface area contributed by atoms with Gasteiger partial charge in [-0.25, -0.2) is 0 Å². The lowest BCUT2D eigenvalue weighted by molar-refractivity contribution is -0.386. The third kappa shape index (κ3) is 5.32. The third-order valence-corrected chi connectivity index (χ3v) is 6.06. The summed E-state index contributed by atoms with van der Waals surface area (Å²) in [5.41, 5.74) is 0. The normalized spacial score (nSPS) is 53.7. The van der Waals surface area contributed by atoms with Crippen LogP contribution >= 0.6 is 0 Å². The Labute approximate surface area is 187 Å². The van der Waals surface area contributed by atoms with Crippen molar-refractivity contribution in [2.75, 3.05) is 13.2 Å². The number of aliphatic hydroxyl groups is 10. The molecule has 3 rings (SSSR count). The maximum absolute atomic E-state index is 10.6. The van der Waals surface area contributed by atoms with Gasteiger partial charge in [-0.1, -0.05) is 0 Å². The van der Waals surface area contributed by atoms with Crippen LogP contribution in [0.5, 0.6) is 0 Å². The van der Waals surface area contributed by atoms with Gasteiger partial charge in [0.05, 0.1) is 19.3 Å². The van der Waals surface area contributed by atoms with E-state index in [9.17, 15) is 51.1 Å². The summed E-state index contributed by atoms with van der Waals surface area (Å²) in [5, 5.41) is 100.0. The predicted molar refractivity (Wildman–Crippen MR) is 99.8 cm³/mol. The smallest absolute Gasteiger partial charge is 0.187 e. The number of hydrogen-bond acceptors (Lipinski definition) is 15. The molecule has 0 bridgehead atoms. The average molecular weight is 488 g/mol. The fraction of sp³-hybridized carbons (Fsp3) is 1.00. The average Bonchev–Trinajstić information content (AvgIpc) is 2.79. The summed E-state index contributed by atoms with van der Waals surface area (Å²) in [6, 6.07) is 0. The molecule has 0 amide bonds. The van der Waals surface area contributed by atoms with Gasteiger partial charge in [-0.2, -0.15) is 0 Å². The molecule has 3 saturated heterocycles. The van der Waals surface area contributed by atoms with Crippen LogP contribution in [0.3, 0.4) is 0 Å². The van der Waals surface area contributed by atoms with E-state index in [0.717, 1.165) is 0 Å². The molecule has 3 aliphatic rings. The summed E-state index contributed by atoms with van der Waals surface area (Å²) < 4.78 is 26.7. The zero-order chi connectivity index (χ0) is 24.6. The second kappa shape index (κ2) is 11.0. The van der Waals surface area contributed by atoms with Gasteiger partial charge in [0.2, 0.25) is 0 Å². The number of hydrogen-bond donors (Lipinski definition) is 10. The van der Waals surface area contributed by atoms with Crippen molar-refractivity contribution < 1.29 is 74.7 Å². The summed E-state index contributed by atoms with van der Waals surface area (Å²) in [5.74, 6) is 0. The lowest BCUT2D eigenvalue weighted by atomic mass is 9.96. The van der Waals surface area contributed by atoms with Crippen LogP contribution in [0.4, 0.5) is 0 Å². The van der Waals surface area contributed by atoms with E-state index < -0.39 is 105 Å². The molecule has 0 spiro atoms. The second-order valence-corrected chi connectivity index (χ2v) is 8.32. The van der Waals surface area contributed by atoms with E-state index in [1.807, 2.05) is 0 Å². The first-order chi connectivity index (χ1) is 15.5. The molecule has 3 aliphatic heterocycles. The highest BCUT2D eigenvalue weighted by molar-refractivity contribution is 4.96. The van der Waals surface area contributed by atoms with Crippen molar-refractivity contribution in [1.82, 2.24) is 0 Å². The summed E-state index contributed by atoms with van der Waals surface area (Å²) in [4.78, 5) is 0. The largest absolute Gasteiger partial charge is 0.394 e. The van der Waals surface area contributed by atoms with Crippen LogP contribution in [0.25, 0.3) is 0 Å². The van der Waals surface area contributed by atoms with Crippen LogP contribution in [-0.4, -0.2) is 156 Å². The summed E-state index contributed by atoms with van der Waals surface area (Å²) in [6.07, 6.45) is -24.1. The van der Waals surface area contributed by atoms with Crippen molar-refractivity contribution in [1.29, 1.82) is 0 Å². The lowest BCUT2D eigenvalue weighted by Crippen LogP contribution is -2.66. The minimum Gasteiger partial charge on any atom is -0.394 e. The van der Waals surface area contributed by atoms with E-state index in [2.05, 4.69) is 0 Å². The van der Waals surface area contributed by atoms with Crippen LogP contribution in [0.15, 0.2) is 0 Å². The molecular weight excluding hydrogens is 456 g/mol. The lowest BCUT2D eigenvalue weighted by Gasteiger charge is -2.48. The van der Waals surface area contributed by atoms with Gasteiger partial charge >= 0.3 is 0 Å². The molecule has 15 atom stereocenters. The fourth-order valence-corrected chi connectivity index (χ4v) is 3.97. The fourth-order valence-electron chi connectivity index (χ4n) is 3.97. The van der Waals surface area contributed by atoms with Crippen molar-refractivity contribution in [2.24, 2.45) is 0 Å². The van der Waals surface area contributed by atoms with E-state index in [1.165, 1.54) is 6.92 Å². The molecule has 3 heterocycles. The molecule has 3 fully saturated rings. The topological polar surface area (TPSA) is 248 Å². The molecule has 0 radical (unpaired) electrons. The van der Waals surface area contributed by atoms with Crippen molar-refractivity contribution in [3.63, 3.8) is 0 Å². The first kappa shape index (κ1) is 27.0. The van der Waals surface area contributed by atoms with Gasteiger partial charge in [0.15, 0.2) is 18.9 Å². The molecule has 0 aromatic carbocycles. The van der Waals surface area contributed by atoms with Gasteiger partial charge < -0.3 is 74.7 Å². The molecule has 0 aromatic rings. The molecule has 33 heavy (non-hydrogen) atoms. The quantitative estimate of drug-likeness (QED) is 0.167. The molecule has 194 valence electrons. The van der Waals surface area contributed by atoms with E-state index in [4.69, 9.17) is 23.7 Å². The highest BCUT2D eigenvalue weighted by Crippen LogP contribution is 2.32. The minimum atomic E-state index is -1.88. The van der Waals surface area contributed by atoms with Gasteiger partial charge in [-0.3, -0.25) is 0 Å². The minimum absolute atomic E-state index is 0.747. The summed E-state index contributed by atoms with van der Waals surface area (Å²) >= 11 is 0. The van der Waals surface area contributed by atoms with Crippen molar-refractivity contribution >= 4 is 0 Å². The molecule has 0 saturated carbocycles. The van der Waals surface area contributed by atoms with E-state index in [0.29, 0.717) is 0 Å². The molecule has 0 aromatic heterocycles. The molecule has 10 N–H and O–H groups in total. The molecule has 0 aliphatic carbocycles. The van der Waals surface area contributed by atoms with Gasteiger partial charge in [-0.05, 0) is 6.92 Å². The second-order valence-electron chi connectivity index (χ2n) is 8.32. The van der Waals surface area contributed by atoms with Gasteiger partial charge in [0, 0.05) is 0 Å². The van der Waals surface area contributed by atoms with Crippen molar-refractivity contribution in [3.8, 4) is 0 Å². The summed E-state index contributed by atoms with van der Waals surface area (Å²) in [6.45, 7) is -0.115. The zero-order valence-electron chi connectivity index (χ0n) is 17.6. The molecule has 15 nitrogen and oxygen atoms in total. The predicted octanol–water partition coefficient (Wildman–Crippen LogP) is -6.55. The SMILES string of the molecule is C[C@@H]1O[C@@H](O[C@@H]2[C@@H](O[C@H]3O[C@H](CO)[C@@H](O)[C@H](O)[C@H]3O)[C@H](O)[C@@H](CO)O[C@H]2O)[C@H](O)[C@H](O)[C@H]1O. The standard InChI is InChI=1S/C18H32O15/c1-4-7(21)10(24)12(26)17(29-4)33-15-14(9(23)6(3-20)30-16(15)28)32-18-13(27)11(25)8(22)5(2-19)31-18/h4-28H,2-3H2,1H3/t4-,5+,6+,7-,8+,9+,10+,11-,12+,13+,14-,15+,16+,17-,18+/m0/s1. The highest BCUT2D eigenvalue weighted by atomic mass is 16.8. The first-order valence-corrected chi connectivity index (χ1v) is 10.4. The molecular formula is C18H32O15. The van der Waals surface area contributed by atoms with Gasteiger partial charge in [0.25, 0.3) is 0 Å². The van der Waals surface area contributed by atoms with Crippen LogP contribution in [-0.2, 0) is 23.7 Å². The maximum atomic E-state index is 10.6. The van der Waals surface area contributed by atoms with Gasteiger partial charge in [0.1, 0.15) is 67.1 Å². The van der Waals surface area contributed by atoms with Crippen molar-refractivity contribution in [2.45, 2.75) is 99.0 Å². The Morgan fingerprint density at radius 3 is 1.61 bits per heavy atom. The van der Waals surface area contributed by atoms with Crippen molar-refractivity contribution in [3.05, 3.63) is 0 Å². The van der Waals surface area contributed by atoms with Crippen LogP contribution in [0, 0.1) is 0 Å². The Morgan fingerprint density at radius 2 is 1.03 bits per heavy atom. The summed E-state index contributed by atoms with van der Waals surface area (Å²) in [7, 11) is 0. The molecule has 0 unspecified atom stereocenters. The Balaban J connectivity index is 1.82. The maximum Gasteiger partial charge on any atom is 0.187 e. The Morgan fingerprint density at radius 1 is 0.545 bits per heavy atom. The number of ether oxygens (including phenoxy) is 5. The van der Waals surface area contributed by atoms with E-state index >= 15 is 0 Å². The van der Waals surface area contributed by atoms with E-state index in [1.54, 1.807) is 0 Å². The first-order valence-electron chi connectivity index (χ1n) is 10.4. The zero-order valence-corrected chi connectivity index (χ0v) is 17.6. The van der Waals surface area contributed by atoms with E-state index in [-0.39, 0.29) is 0 Å². The number of rotatable bonds is 6. The van der Waals surface area contributed by atoms with Crippen LogP contribution < -0.4 is 0 Å². The van der Waals surface area contributed by atoms with Gasteiger partial charge in [-0.15, -0.1) is 0 Å². The molecule has 15 heteroatoms. The third-order valence-electron chi connectivity index (χ3n) is 6.06.